The van der Waals surface area contributed by atoms with Gasteiger partial charge >= 0.3 is 0 Å². The van der Waals surface area contributed by atoms with E-state index < -0.39 is 9.84 Å². The molecular weight excluding hydrogens is 224 g/mol. The number of hydrogen-bond acceptors (Lipinski definition) is 4. The molecule has 88 valence electrons. The Labute approximate surface area is 96.0 Å². The topological polar surface area (TPSA) is 59.1 Å². The summed E-state index contributed by atoms with van der Waals surface area (Å²) < 4.78 is 22.5. The summed E-state index contributed by atoms with van der Waals surface area (Å²) >= 11 is 0. The van der Waals surface area contributed by atoms with Crippen molar-refractivity contribution in [2.24, 2.45) is 0 Å². The van der Waals surface area contributed by atoms with Gasteiger partial charge < -0.3 is 5.32 Å². The molecule has 1 fully saturated rings. The summed E-state index contributed by atoms with van der Waals surface area (Å²) in [6.45, 7) is 0.785. The van der Waals surface area contributed by atoms with Crippen LogP contribution in [0.15, 0.2) is 24.5 Å². The maximum absolute atomic E-state index is 11.2. The number of aromatic nitrogens is 1. The van der Waals surface area contributed by atoms with Crippen LogP contribution >= 0.6 is 0 Å². The zero-order chi connectivity index (χ0) is 11.4. The lowest BCUT2D eigenvalue weighted by atomic mass is 10.1. The molecule has 0 bridgehead atoms. The molecule has 1 aromatic rings. The van der Waals surface area contributed by atoms with Gasteiger partial charge in [-0.25, -0.2) is 8.42 Å². The second-order valence-electron chi connectivity index (χ2n) is 4.16. The summed E-state index contributed by atoms with van der Waals surface area (Å²) in [5.41, 5.74) is 1.18. The van der Waals surface area contributed by atoms with Crippen LogP contribution < -0.4 is 5.32 Å². The molecule has 2 rings (SSSR count). The van der Waals surface area contributed by atoms with Crippen molar-refractivity contribution in [3.05, 3.63) is 30.1 Å². The zero-order valence-corrected chi connectivity index (χ0v) is 9.91. The van der Waals surface area contributed by atoms with Gasteiger partial charge in [0.1, 0.15) is 9.84 Å². The van der Waals surface area contributed by atoms with Crippen LogP contribution in [0.5, 0.6) is 0 Å². The highest BCUT2D eigenvalue weighted by Gasteiger charge is 2.22. The first-order valence-corrected chi connectivity index (χ1v) is 7.30. The van der Waals surface area contributed by atoms with Crippen molar-refractivity contribution in [3.8, 4) is 0 Å². The van der Waals surface area contributed by atoms with E-state index in [9.17, 15) is 8.42 Å². The van der Waals surface area contributed by atoms with Gasteiger partial charge in [-0.3, -0.25) is 4.98 Å². The van der Waals surface area contributed by atoms with Gasteiger partial charge in [-0.2, -0.15) is 0 Å². The van der Waals surface area contributed by atoms with Crippen LogP contribution in [-0.4, -0.2) is 30.9 Å². The minimum absolute atomic E-state index is 0.320. The summed E-state index contributed by atoms with van der Waals surface area (Å²) in [6, 6.07) is 4.26. The minimum atomic E-state index is -2.75. The van der Waals surface area contributed by atoms with Gasteiger partial charge in [-0.05, 0) is 30.5 Å². The first-order chi connectivity index (χ1) is 7.66. The maximum atomic E-state index is 11.2. The second kappa shape index (κ2) is 4.93. The van der Waals surface area contributed by atoms with E-state index in [1.165, 1.54) is 5.56 Å². The Morgan fingerprint density at radius 3 is 2.50 bits per heavy atom. The van der Waals surface area contributed by atoms with Crippen molar-refractivity contribution in [1.82, 2.24) is 10.3 Å². The second-order valence-corrected chi connectivity index (χ2v) is 6.47. The molecule has 16 heavy (non-hydrogen) atoms. The largest absolute Gasteiger partial charge is 0.310 e. The van der Waals surface area contributed by atoms with Gasteiger partial charge in [0.05, 0.1) is 11.5 Å². The van der Waals surface area contributed by atoms with E-state index in [1.807, 2.05) is 12.1 Å². The average molecular weight is 240 g/mol. The molecule has 0 unspecified atom stereocenters. The third kappa shape index (κ3) is 3.28. The number of sulfone groups is 1. The third-order valence-corrected chi connectivity index (χ3v) is 4.61. The zero-order valence-electron chi connectivity index (χ0n) is 9.09. The molecule has 0 atom stereocenters. The number of nitrogens with one attached hydrogen (secondary N) is 1. The molecule has 1 N–H and O–H groups in total. The van der Waals surface area contributed by atoms with Crippen molar-refractivity contribution in [3.63, 3.8) is 0 Å². The van der Waals surface area contributed by atoms with Crippen LogP contribution in [0.25, 0.3) is 0 Å². The number of nitrogens with zero attached hydrogens (tertiary/aromatic N) is 1. The van der Waals surface area contributed by atoms with Crippen molar-refractivity contribution < 1.29 is 8.42 Å². The van der Waals surface area contributed by atoms with Crippen molar-refractivity contribution in [2.75, 3.05) is 11.5 Å². The molecule has 0 aliphatic carbocycles. The van der Waals surface area contributed by atoms with Crippen LogP contribution in [-0.2, 0) is 16.4 Å². The summed E-state index contributed by atoms with van der Waals surface area (Å²) in [5, 5.41) is 3.38. The van der Waals surface area contributed by atoms with Gasteiger partial charge in [0, 0.05) is 25.0 Å². The first kappa shape index (κ1) is 11.5. The fraction of sp³-hybridized carbons (Fsp3) is 0.545. The molecule has 0 amide bonds. The summed E-state index contributed by atoms with van der Waals surface area (Å²) in [7, 11) is -2.75. The molecular formula is C11H16N2O2S. The molecule has 5 heteroatoms. The predicted molar refractivity (Wildman–Crippen MR) is 62.8 cm³/mol. The molecule has 1 aromatic heterocycles. The molecule has 4 nitrogen and oxygen atoms in total. The molecule has 1 aliphatic heterocycles. The van der Waals surface area contributed by atoms with Crippen molar-refractivity contribution in [1.29, 1.82) is 0 Å². The van der Waals surface area contributed by atoms with E-state index in [2.05, 4.69) is 10.3 Å². The Bertz CT molecular complexity index is 417. The van der Waals surface area contributed by atoms with Gasteiger partial charge in [-0.15, -0.1) is 0 Å². The summed E-state index contributed by atoms with van der Waals surface area (Å²) in [6.07, 6.45) is 4.99. The lowest BCUT2D eigenvalue weighted by molar-refractivity contribution is 0.463. The van der Waals surface area contributed by atoms with Crippen molar-refractivity contribution in [2.45, 2.75) is 25.4 Å². The van der Waals surface area contributed by atoms with Crippen LogP contribution in [0.4, 0.5) is 0 Å². The molecule has 0 radical (unpaired) electrons. The first-order valence-electron chi connectivity index (χ1n) is 5.48. The van der Waals surface area contributed by atoms with E-state index in [4.69, 9.17) is 0 Å². The highest BCUT2D eigenvalue weighted by atomic mass is 32.2. The van der Waals surface area contributed by atoms with E-state index in [1.54, 1.807) is 12.4 Å². The van der Waals surface area contributed by atoms with Gasteiger partial charge in [0.25, 0.3) is 0 Å². The smallest absolute Gasteiger partial charge is 0.150 e. The van der Waals surface area contributed by atoms with Crippen molar-refractivity contribution >= 4 is 9.84 Å². The highest BCUT2D eigenvalue weighted by Crippen LogP contribution is 2.12. The SMILES string of the molecule is O=S1(=O)CCC(NCc2ccncc2)CC1. The molecule has 1 aliphatic rings. The number of hydrogen-bond donors (Lipinski definition) is 1. The van der Waals surface area contributed by atoms with E-state index in [-0.39, 0.29) is 0 Å². The van der Waals surface area contributed by atoms with Crippen LogP contribution in [0.2, 0.25) is 0 Å². The average Bonchev–Trinajstić information content (AvgIpc) is 2.29. The molecule has 2 heterocycles. The normalized spacial score (nSPS) is 20.8. The Morgan fingerprint density at radius 1 is 1.25 bits per heavy atom. The van der Waals surface area contributed by atoms with Gasteiger partial charge in [0.2, 0.25) is 0 Å². The third-order valence-electron chi connectivity index (χ3n) is 2.90. The lowest BCUT2D eigenvalue weighted by Crippen LogP contribution is -2.37. The summed E-state index contributed by atoms with van der Waals surface area (Å²) in [4.78, 5) is 3.95. The van der Waals surface area contributed by atoms with Crippen LogP contribution in [0.1, 0.15) is 18.4 Å². The monoisotopic (exact) mass is 240 g/mol. The lowest BCUT2D eigenvalue weighted by Gasteiger charge is -2.23. The van der Waals surface area contributed by atoms with Gasteiger partial charge in [-0.1, -0.05) is 0 Å². The maximum Gasteiger partial charge on any atom is 0.150 e. The Morgan fingerprint density at radius 2 is 1.88 bits per heavy atom. The highest BCUT2D eigenvalue weighted by molar-refractivity contribution is 7.91. The number of rotatable bonds is 3. The Balaban J connectivity index is 1.80. The van der Waals surface area contributed by atoms with E-state index in [0.717, 1.165) is 19.4 Å². The molecule has 1 saturated heterocycles. The molecule has 0 aromatic carbocycles. The molecule has 0 spiro atoms. The standard InChI is InChI=1S/C11H16N2O2S/c14-16(15)7-3-11(4-8-16)13-9-10-1-5-12-6-2-10/h1-2,5-6,11,13H,3-4,7-9H2. The van der Waals surface area contributed by atoms with Crippen LogP contribution in [0.3, 0.4) is 0 Å². The molecule has 0 saturated carbocycles. The van der Waals surface area contributed by atoms with E-state index in [0.29, 0.717) is 17.5 Å². The summed E-state index contributed by atoms with van der Waals surface area (Å²) in [5.74, 6) is 0.641. The fourth-order valence-corrected chi connectivity index (χ4v) is 3.35. The van der Waals surface area contributed by atoms with Gasteiger partial charge in [0.15, 0.2) is 0 Å². The predicted octanol–water partition coefficient (Wildman–Crippen LogP) is 0.748. The number of pyridine rings is 1. The minimum Gasteiger partial charge on any atom is -0.310 e. The Hall–Kier alpha value is -0.940. The fourth-order valence-electron chi connectivity index (χ4n) is 1.86. The van der Waals surface area contributed by atoms with Crippen LogP contribution in [0, 0.1) is 0 Å². The quantitative estimate of drug-likeness (QED) is 0.847. The Kier molecular flexibility index (Phi) is 3.56. The van der Waals surface area contributed by atoms with E-state index >= 15 is 0 Å².